The smallest absolute Gasteiger partial charge is 0.258 e. The van der Waals surface area contributed by atoms with Crippen LogP contribution < -0.4 is 5.32 Å². The van der Waals surface area contributed by atoms with Crippen molar-refractivity contribution >= 4 is 11.6 Å². The van der Waals surface area contributed by atoms with Crippen LogP contribution in [0.1, 0.15) is 10.4 Å². The van der Waals surface area contributed by atoms with E-state index in [2.05, 4.69) is 10.4 Å². The minimum atomic E-state index is -1.17. The van der Waals surface area contributed by atoms with Crippen LogP contribution in [0.3, 0.4) is 0 Å². The van der Waals surface area contributed by atoms with E-state index in [0.717, 1.165) is 6.07 Å². The summed E-state index contributed by atoms with van der Waals surface area (Å²) in [6.45, 7) is 1.01. The van der Waals surface area contributed by atoms with Gasteiger partial charge in [-0.15, -0.1) is 0 Å². The standard InChI is InChI=1S/C13H13F2N3O2/c1-20-6-5-18-8-9(7-16-18)17-13(19)10-3-2-4-11(14)12(10)15/h2-4,7-8H,5-6H2,1H3,(H,17,19). The molecule has 0 atom stereocenters. The van der Waals surface area contributed by atoms with Gasteiger partial charge in [-0.3, -0.25) is 9.48 Å². The van der Waals surface area contributed by atoms with Crippen molar-refractivity contribution in [3.8, 4) is 0 Å². The molecule has 1 aromatic heterocycles. The van der Waals surface area contributed by atoms with Gasteiger partial charge in [-0.05, 0) is 12.1 Å². The summed E-state index contributed by atoms with van der Waals surface area (Å²) in [6, 6.07) is 3.44. The highest BCUT2D eigenvalue weighted by Gasteiger charge is 2.15. The number of carbonyl (C=O) groups is 1. The van der Waals surface area contributed by atoms with Crippen LogP contribution in [-0.4, -0.2) is 29.4 Å². The number of amides is 1. The molecule has 0 aliphatic rings. The van der Waals surface area contributed by atoms with Crippen molar-refractivity contribution in [2.24, 2.45) is 0 Å². The fraction of sp³-hybridized carbons (Fsp3) is 0.231. The summed E-state index contributed by atoms with van der Waals surface area (Å²) in [4.78, 5) is 11.8. The Hall–Kier alpha value is -2.28. The summed E-state index contributed by atoms with van der Waals surface area (Å²) in [5.74, 6) is -2.96. The van der Waals surface area contributed by atoms with Gasteiger partial charge >= 0.3 is 0 Å². The molecular formula is C13H13F2N3O2. The van der Waals surface area contributed by atoms with E-state index in [1.807, 2.05) is 0 Å². The number of rotatable bonds is 5. The van der Waals surface area contributed by atoms with E-state index in [-0.39, 0.29) is 5.56 Å². The van der Waals surface area contributed by atoms with Gasteiger partial charge in [0.25, 0.3) is 5.91 Å². The molecule has 2 rings (SSSR count). The van der Waals surface area contributed by atoms with E-state index in [0.29, 0.717) is 18.8 Å². The first-order valence-corrected chi connectivity index (χ1v) is 5.88. The van der Waals surface area contributed by atoms with Crippen LogP contribution in [-0.2, 0) is 11.3 Å². The maximum absolute atomic E-state index is 13.5. The number of halogens is 2. The molecule has 0 radical (unpaired) electrons. The number of methoxy groups -OCH3 is 1. The Bertz CT molecular complexity index is 613. The van der Waals surface area contributed by atoms with Crippen molar-refractivity contribution < 1.29 is 18.3 Å². The molecule has 5 nitrogen and oxygen atoms in total. The van der Waals surface area contributed by atoms with Gasteiger partial charge in [0.05, 0.1) is 30.6 Å². The number of hydrogen-bond acceptors (Lipinski definition) is 3. The first-order valence-electron chi connectivity index (χ1n) is 5.88. The lowest BCUT2D eigenvalue weighted by Gasteiger charge is -2.04. The van der Waals surface area contributed by atoms with Crippen molar-refractivity contribution in [2.75, 3.05) is 19.0 Å². The van der Waals surface area contributed by atoms with Gasteiger partial charge in [0.1, 0.15) is 0 Å². The Kier molecular flexibility index (Phi) is 4.41. The molecule has 1 heterocycles. The van der Waals surface area contributed by atoms with Gasteiger partial charge in [-0.1, -0.05) is 6.07 Å². The topological polar surface area (TPSA) is 56.1 Å². The van der Waals surface area contributed by atoms with E-state index in [4.69, 9.17) is 4.74 Å². The molecule has 1 N–H and O–H groups in total. The molecule has 0 saturated carbocycles. The number of aromatic nitrogens is 2. The molecule has 0 bridgehead atoms. The lowest BCUT2D eigenvalue weighted by Crippen LogP contribution is -2.14. The predicted molar refractivity (Wildman–Crippen MR) is 68.4 cm³/mol. The van der Waals surface area contributed by atoms with E-state index >= 15 is 0 Å². The van der Waals surface area contributed by atoms with Gasteiger partial charge in [0, 0.05) is 13.3 Å². The molecular weight excluding hydrogens is 268 g/mol. The number of hydrogen-bond donors (Lipinski definition) is 1. The summed E-state index contributed by atoms with van der Waals surface area (Å²) in [5.41, 5.74) is 0.0457. The minimum absolute atomic E-state index is 0.352. The fourth-order valence-electron chi connectivity index (χ4n) is 1.61. The zero-order valence-electron chi connectivity index (χ0n) is 10.8. The maximum Gasteiger partial charge on any atom is 0.258 e. The Morgan fingerprint density at radius 2 is 2.25 bits per heavy atom. The SMILES string of the molecule is COCCn1cc(NC(=O)c2cccc(F)c2F)cn1. The van der Waals surface area contributed by atoms with E-state index in [1.165, 1.54) is 18.3 Å². The summed E-state index contributed by atoms with van der Waals surface area (Å²) < 4.78 is 33.0. The predicted octanol–water partition coefficient (Wildman–Crippen LogP) is 2.06. The number of ether oxygens (including phenoxy) is 1. The molecule has 0 aliphatic heterocycles. The van der Waals surface area contributed by atoms with Gasteiger partial charge < -0.3 is 10.1 Å². The molecule has 106 valence electrons. The minimum Gasteiger partial charge on any atom is -0.383 e. The van der Waals surface area contributed by atoms with E-state index in [9.17, 15) is 13.6 Å². The maximum atomic E-state index is 13.5. The Labute approximate surface area is 114 Å². The first-order chi connectivity index (χ1) is 9.61. The molecule has 0 unspecified atom stereocenters. The molecule has 1 aromatic carbocycles. The summed E-state index contributed by atoms with van der Waals surface area (Å²) >= 11 is 0. The first kappa shape index (κ1) is 14.1. The molecule has 20 heavy (non-hydrogen) atoms. The van der Waals surface area contributed by atoms with Crippen LogP contribution in [0.15, 0.2) is 30.6 Å². The Morgan fingerprint density at radius 1 is 1.45 bits per heavy atom. The highest BCUT2D eigenvalue weighted by Crippen LogP contribution is 2.14. The van der Waals surface area contributed by atoms with Crippen LogP contribution in [0.2, 0.25) is 0 Å². The number of nitrogens with one attached hydrogen (secondary N) is 1. The van der Waals surface area contributed by atoms with Gasteiger partial charge in [-0.25, -0.2) is 8.78 Å². The second-order valence-electron chi connectivity index (χ2n) is 4.04. The van der Waals surface area contributed by atoms with Gasteiger partial charge in [0.2, 0.25) is 0 Å². The third kappa shape index (κ3) is 3.18. The summed E-state index contributed by atoms with van der Waals surface area (Å²) in [7, 11) is 1.57. The lowest BCUT2D eigenvalue weighted by atomic mass is 10.2. The van der Waals surface area contributed by atoms with Crippen LogP contribution in [0.25, 0.3) is 0 Å². The summed E-state index contributed by atoms with van der Waals surface area (Å²) in [5, 5.41) is 6.45. The van der Waals surface area contributed by atoms with Gasteiger partial charge in [-0.2, -0.15) is 5.10 Å². The third-order valence-electron chi connectivity index (χ3n) is 2.61. The molecule has 1 amide bonds. The quantitative estimate of drug-likeness (QED) is 0.912. The molecule has 0 aliphatic carbocycles. The molecule has 2 aromatic rings. The van der Waals surface area contributed by atoms with Crippen molar-refractivity contribution in [3.63, 3.8) is 0 Å². The average Bonchev–Trinajstić information content (AvgIpc) is 2.87. The highest BCUT2D eigenvalue weighted by molar-refractivity contribution is 6.04. The molecule has 0 fully saturated rings. The lowest BCUT2D eigenvalue weighted by molar-refractivity contribution is 0.102. The van der Waals surface area contributed by atoms with Crippen molar-refractivity contribution in [3.05, 3.63) is 47.8 Å². The van der Waals surface area contributed by atoms with Crippen LogP contribution in [0.4, 0.5) is 14.5 Å². The molecule has 0 saturated heterocycles. The van der Waals surface area contributed by atoms with Crippen molar-refractivity contribution in [1.82, 2.24) is 9.78 Å². The third-order valence-corrected chi connectivity index (χ3v) is 2.61. The van der Waals surface area contributed by atoms with Crippen molar-refractivity contribution in [1.29, 1.82) is 0 Å². The van der Waals surface area contributed by atoms with Crippen LogP contribution in [0.5, 0.6) is 0 Å². The summed E-state index contributed by atoms with van der Waals surface area (Å²) in [6.07, 6.45) is 3.00. The van der Waals surface area contributed by atoms with Crippen LogP contribution in [0, 0.1) is 11.6 Å². The van der Waals surface area contributed by atoms with Gasteiger partial charge in [0.15, 0.2) is 11.6 Å². The molecule has 7 heteroatoms. The van der Waals surface area contributed by atoms with E-state index < -0.39 is 17.5 Å². The second-order valence-corrected chi connectivity index (χ2v) is 4.04. The van der Waals surface area contributed by atoms with Crippen LogP contribution >= 0.6 is 0 Å². The zero-order chi connectivity index (χ0) is 14.5. The van der Waals surface area contributed by atoms with E-state index in [1.54, 1.807) is 18.0 Å². The van der Waals surface area contributed by atoms with Crippen molar-refractivity contribution in [2.45, 2.75) is 6.54 Å². The largest absolute Gasteiger partial charge is 0.383 e. The monoisotopic (exact) mass is 281 g/mol. The number of benzene rings is 1. The number of carbonyl (C=O) groups excluding carboxylic acids is 1. The fourth-order valence-corrected chi connectivity index (χ4v) is 1.61. The average molecular weight is 281 g/mol. The number of nitrogens with zero attached hydrogens (tertiary/aromatic N) is 2. The normalized spacial score (nSPS) is 10.6. The highest BCUT2D eigenvalue weighted by atomic mass is 19.2. The Morgan fingerprint density at radius 3 is 3.00 bits per heavy atom. The number of anilines is 1. The zero-order valence-corrected chi connectivity index (χ0v) is 10.8. The Balaban J connectivity index is 2.07. The second kappa shape index (κ2) is 6.25. The molecule has 0 spiro atoms.